The van der Waals surface area contributed by atoms with Crippen LogP contribution >= 0.6 is 0 Å². The molecule has 0 spiro atoms. The molecule has 1 aromatic rings. The minimum atomic E-state index is 0.523. The molecule has 1 aliphatic carbocycles. The van der Waals surface area contributed by atoms with E-state index in [9.17, 15) is 4.79 Å². The van der Waals surface area contributed by atoms with Gasteiger partial charge in [0.15, 0.2) is 0 Å². The molecule has 0 fully saturated rings. The summed E-state index contributed by atoms with van der Waals surface area (Å²) < 4.78 is 1.76. The number of rotatable bonds is 5. The number of carbonyl (C=O) groups excluding carboxylic acids is 1. The lowest BCUT2D eigenvalue weighted by Crippen LogP contribution is -2.27. The minimum absolute atomic E-state index is 0.523. The SMILES string of the molecule is CCC1=CCC=C(C=O)C=C1N(N)/C=C(\N)c1cnn(C)c1C. The molecule has 4 N–H and O–H groups in total. The van der Waals surface area contributed by atoms with E-state index in [-0.39, 0.29) is 0 Å². The molecule has 0 unspecified atom stereocenters. The van der Waals surface area contributed by atoms with Crippen LogP contribution in [0.25, 0.3) is 5.70 Å². The molecule has 0 saturated carbocycles. The van der Waals surface area contributed by atoms with Crippen LogP contribution in [-0.4, -0.2) is 21.1 Å². The van der Waals surface area contributed by atoms with E-state index in [4.69, 9.17) is 11.6 Å². The molecule has 1 aromatic heterocycles. The van der Waals surface area contributed by atoms with Gasteiger partial charge in [-0.2, -0.15) is 5.10 Å². The lowest BCUT2D eigenvalue weighted by atomic mass is 10.1. The van der Waals surface area contributed by atoms with Crippen molar-refractivity contribution in [2.45, 2.75) is 26.7 Å². The Kier molecular flexibility index (Phi) is 5.18. The zero-order valence-electron chi connectivity index (χ0n) is 13.8. The number of hydrogen-bond donors (Lipinski definition) is 2. The third-order valence-electron chi connectivity index (χ3n) is 3.97. The fourth-order valence-electron chi connectivity index (χ4n) is 2.47. The van der Waals surface area contributed by atoms with Gasteiger partial charge in [-0.15, -0.1) is 0 Å². The van der Waals surface area contributed by atoms with Crippen molar-refractivity contribution in [3.63, 3.8) is 0 Å². The van der Waals surface area contributed by atoms with Gasteiger partial charge < -0.3 is 5.73 Å². The molecule has 6 nitrogen and oxygen atoms in total. The first-order chi connectivity index (χ1) is 11.0. The van der Waals surface area contributed by atoms with Gasteiger partial charge in [-0.25, -0.2) is 5.84 Å². The Labute approximate surface area is 136 Å². The summed E-state index contributed by atoms with van der Waals surface area (Å²) >= 11 is 0. The van der Waals surface area contributed by atoms with Crippen LogP contribution in [0.4, 0.5) is 0 Å². The van der Waals surface area contributed by atoms with E-state index in [0.717, 1.165) is 35.2 Å². The number of hydrazine groups is 1. The second-order valence-electron chi connectivity index (χ2n) is 5.43. The molecule has 0 atom stereocenters. The molecule has 23 heavy (non-hydrogen) atoms. The second kappa shape index (κ2) is 7.11. The van der Waals surface area contributed by atoms with Crippen LogP contribution in [0.3, 0.4) is 0 Å². The van der Waals surface area contributed by atoms with E-state index in [1.165, 1.54) is 5.01 Å². The van der Waals surface area contributed by atoms with Crippen LogP contribution in [-0.2, 0) is 11.8 Å². The summed E-state index contributed by atoms with van der Waals surface area (Å²) in [6.07, 6.45) is 11.5. The molecular weight excluding hydrogens is 290 g/mol. The van der Waals surface area contributed by atoms with Crippen molar-refractivity contribution in [3.8, 4) is 0 Å². The third kappa shape index (κ3) is 3.60. The van der Waals surface area contributed by atoms with Crippen LogP contribution < -0.4 is 11.6 Å². The van der Waals surface area contributed by atoms with Gasteiger partial charge in [0.1, 0.15) is 6.29 Å². The molecular formula is C17H23N5O. The Morgan fingerprint density at radius 1 is 1.48 bits per heavy atom. The highest BCUT2D eigenvalue weighted by molar-refractivity contribution is 5.78. The number of hydrogen-bond acceptors (Lipinski definition) is 5. The fourth-order valence-corrected chi connectivity index (χ4v) is 2.47. The van der Waals surface area contributed by atoms with Crippen molar-refractivity contribution in [1.29, 1.82) is 0 Å². The first-order valence-electron chi connectivity index (χ1n) is 7.54. The molecule has 2 rings (SSSR count). The predicted molar refractivity (Wildman–Crippen MR) is 91.4 cm³/mol. The van der Waals surface area contributed by atoms with E-state index in [2.05, 4.69) is 18.1 Å². The van der Waals surface area contributed by atoms with Crippen molar-refractivity contribution >= 4 is 12.0 Å². The first-order valence-corrected chi connectivity index (χ1v) is 7.54. The maximum absolute atomic E-state index is 11.1. The molecule has 0 bridgehead atoms. The monoisotopic (exact) mass is 313 g/mol. The number of carbonyl (C=O) groups is 1. The first kappa shape index (κ1) is 16.8. The lowest BCUT2D eigenvalue weighted by Gasteiger charge is -2.20. The van der Waals surface area contributed by atoms with Gasteiger partial charge in [-0.3, -0.25) is 14.5 Å². The average molecular weight is 313 g/mol. The molecule has 122 valence electrons. The van der Waals surface area contributed by atoms with Crippen molar-refractivity contribution in [2.75, 3.05) is 0 Å². The molecule has 0 amide bonds. The van der Waals surface area contributed by atoms with Crippen molar-refractivity contribution in [3.05, 3.63) is 58.7 Å². The summed E-state index contributed by atoms with van der Waals surface area (Å²) in [5.74, 6) is 6.19. The maximum Gasteiger partial charge on any atom is 0.149 e. The topological polar surface area (TPSA) is 90.2 Å². The zero-order chi connectivity index (χ0) is 17.0. The van der Waals surface area contributed by atoms with Gasteiger partial charge in [0.05, 0.1) is 17.6 Å². The Hall–Kier alpha value is -2.60. The largest absolute Gasteiger partial charge is 0.397 e. The minimum Gasteiger partial charge on any atom is -0.397 e. The Morgan fingerprint density at radius 3 is 2.78 bits per heavy atom. The number of aldehydes is 1. The quantitative estimate of drug-likeness (QED) is 0.492. The van der Waals surface area contributed by atoms with E-state index in [0.29, 0.717) is 17.7 Å². The molecule has 0 radical (unpaired) electrons. The second-order valence-corrected chi connectivity index (χ2v) is 5.43. The van der Waals surface area contributed by atoms with E-state index < -0.39 is 0 Å². The molecule has 0 saturated heterocycles. The van der Waals surface area contributed by atoms with Crippen LogP contribution in [0.5, 0.6) is 0 Å². The summed E-state index contributed by atoms with van der Waals surface area (Å²) in [5, 5.41) is 5.66. The van der Waals surface area contributed by atoms with Gasteiger partial charge in [0, 0.05) is 30.1 Å². The number of nitrogens with zero attached hydrogens (tertiary/aromatic N) is 3. The Balaban J connectivity index is 2.37. The Bertz CT molecular complexity index is 721. The van der Waals surface area contributed by atoms with Crippen molar-refractivity contribution < 1.29 is 4.79 Å². The number of aryl methyl sites for hydroxylation is 1. The normalized spacial score (nSPS) is 15.5. The fraction of sp³-hybridized carbons (Fsp3) is 0.294. The highest BCUT2D eigenvalue weighted by atomic mass is 16.1. The standard InChI is InChI=1S/C17H23N5O/c1-4-14-7-5-6-13(11-23)8-17(14)22(19)10-16(18)15-9-20-21(3)12(15)2/h6-11H,4-5,18-19H2,1-3H3/b16-10-. The number of allylic oxidation sites excluding steroid dienone is 5. The van der Waals surface area contributed by atoms with Crippen LogP contribution in [0, 0.1) is 6.92 Å². The maximum atomic E-state index is 11.1. The van der Waals surface area contributed by atoms with E-state index in [1.807, 2.05) is 20.0 Å². The van der Waals surface area contributed by atoms with Crippen molar-refractivity contribution in [1.82, 2.24) is 14.8 Å². The summed E-state index contributed by atoms with van der Waals surface area (Å²) in [4.78, 5) is 11.1. The lowest BCUT2D eigenvalue weighted by molar-refractivity contribution is -0.104. The molecule has 1 aliphatic rings. The van der Waals surface area contributed by atoms with Crippen LogP contribution in [0.2, 0.25) is 0 Å². The van der Waals surface area contributed by atoms with Gasteiger partial charge in [0.25, 0.3) is 0 Å². The van der Waals surface area contributed by atoms with E-state index >= 15 is 0 Å². The third-order valence-corrected chi connectivity index (χ3v) is 3.97. The number of nitrogens with two attached hydrogens (primary N) is 2. The molecule has 1 heterocycles. The highest BCUT2D eigenvalue weighted by Gasteiger charge is 2.13. The van der Waals surface area contributed by atoms with Gasteiger partial charge in [-0.05, 0) is 31.4 Å². The summed E-state index contributed by atoms with van der Waals surface area (Å²) in [7, 11) is 1.86. The van der Waals surface area contributed by atoms with Gasteiger partial charge in [0.2, 0.25) is 0 Å². The van der Waals surface area contributed by atoms with Crippen LogP contribution in [0.15, 0.2) is 47.5 Å². The molecule has 0 aliphatic heterocycles. The van der Waals surface area contributed by atoms with Gasteiger partial charge in [-0.1, -0.05) is 19.1 Å². The van der Waals surface area contributed by atoms with E-state index in [1.54, 1.807) is 23.2 Å². The average Bonchev–Trinajstić information content (AvgIpc) is 2.76. The number of aromatic nitrogens is 2. The highest BCUT2D eigenvalue weighted by Crippen LogP contribution is 2.23. The Morgan fingerprint density at radius 2 is 2.22 bits per heavy atom. The molecule has 0 aromatic carbocycles. The zero-order valence-corrected chi connectivity index (χ0v) is 13.8. The summed E-state index contributed by atoms with van der Waals surface area (Å²) in [6.45, 7) is 4.00. The van der Waals surface area contributed by atoms with Crippen molar-refractivity contribution in [2.24, 2.45) is 18.6 Å². The summed E-state index contributed by atoms with van der Waals surface area (Å²) in [5.41, 5.74) is 10.9. The predicted octanol–water partition coefficient (Wildman–Crippen LogP) is 1.91. The summed E-state index contributed by atoms with van der Waals surface area (Å²) in [6, 6.07) is 0. The van der Waals surface area contributed by atoms with Crippen LogP contribution in [0.1, 0.15) is 31.0 Å². The van der Waals surface area contributed by atoms with Gasteiger partial charge >= 0.3 is 0 Å². The molecule has 6 heteroatoms. The smallest absolute Gasteiger partial charge is 0.149 e.